The number of aromatic nitrogens is 2. The number of carbonyl (C=O) groups is 1. The van der Waals surface area contributed by atoms with Crippen LogP contribution in [0.5, 0.6) is 0 Å². The van der Waals surface area contributed by atoms with Gasteiger partial charge in [0.1, 0.15) is 12.0 Å². The van der Waals surface area contributed by atoms with E-state index in [4.69, 9.17) is 4.52 Å². The molecule has 0 saturated heterocycles. The molecule has 6 nitrogen and oxygen atoms in total. The predicted molar refractivity (Wildman–Crippen MR) is 88.4 cm³/mol. The van der Waals surface area contributed by atoms with Crippen LogP contribution in [0.1, 0.15) is 17.0 Å². The number of amides is 2. The highest BCUT2D eigenvalue weighted by molar-refractivity contribution is 7.13. The predicted octanol–water partition coefficient (Wildman–Crippen LogP) is 3.39. The molecule has 23 heavy (non-hydrogen) atoms. The highest BCUT2D eigenvalue weighted by Crippen LogP contribution is 2.18. The molecule has 0 fully saturated rings. The van der Waals surface area contributed by atoms with Gasteiger partial charge in [0.2, 0.25) is 0 Å². The summed E-state index contributed by atoms with van der Waals surface area (Å²) in [6, 6.07) is 11.6. The number of hydrogen-bond acceptors (Lipinski definition) is 5. The smallest absolute Gasteiger partial charge is 0.323 e. The minimum absolute atomic E-state index is 0.228. The number of benzene rings is 1. The second-order valence-corrected chi connectivity index (χ2v) is 5.94. The zero-order valence-electron chi connectivity index (χ0n) is 12.6. The number of anilines is 1. The summed E-state index contributed by atoms with van der Waals surface area (Å²) in [7, 11) is 1.70. The number of urea groups is 1. The molecule has 0 aliphatic heterocycles. The average molecular weight is 328 g/mol. The Morgan fingerprint density at radius 1 is 1.26 bits per heavy atom. The van der Waals surface area contributed by atoms with Crippen molar-refractivity contribution >= 4 is 22.5 Å². The van der Waals surface area contributed by atoms with Crippen molar-refractivity contribution in [3.05, 3.63) is 65.0 Å². The van der Waals surface area contributed by atoms with Crippen LogP contribution in [0.4, 0.5) is 9.93 Å². The number of hydrogen-bond donors (Lipinski definition) is 1. The maximum absolute atomic E-state index is 12.1. The normalized spacial score (nSPS) is 10.5. The monoisotopic (exact) mass is 328 g/mol. The van der Waals surface area contributed by atoms with Crippen LogP contribution in [0.2, 0.25) is 0 Å². The van der Waals surface area contributed by atoms with Gasteiger partial charge in [0, 0.05) is 24.9 Å². The topological polar surface area (TPSA) is 71.3 Å². The standard InChI is InChI=1S/C16H16N4O2S/c1-20(10-13-7-8-22-19-13)16(21)18-15-17-14(11-23-15)9-12-5-3-2-4-6-12/h2-8,11H,9-10H2,1H3,(H,17,18,21). The highest BCUT2D eigenvalue weighted by atomic mass is 32.1. The number of carbonyl (C=O) groups excluding carboxylic acids is 1. The Balaban J connectivity index is 1.57. The van der Waals surface area contributed by atoms with Gasteiger partial charge in [0.15, 0.2) is 5.13 Å². The van der Waals surface area contributed by atoms with E-state index in [1.807, 2.05) is 23.6 Å². The van der Waals surface area contributed by atoms with Crippen LogP contribution >= 0.6 is 11.3 Å². The van der Waals surface area contributed by atoms with Gasteiger partial charge in [-0.05, 0) is 5.56 Å². The van der Waals surface area contributed by atoms with Crippen molar-refractivity contribution in [3.8, 4) is 0 Å². The lowest BCUT2D eigenvalue weighted by molar-refractivity contribution is 0.219. The van der Waals surface area contributed by atoms with Gasteiger partial charge in [-0.25, -0.2) is 9.78 Å². The number of rotatable bonds is 5. The van der Waals surface area contributed by atoms with Crippen LogP contribution in [0, 0.1) is 0 Å². The first-order chi connectivity index (χ1) is 11.2. The van der Waals surface area contributed by atoms with Crippen LogP contribution in [0.3, 0.4) is 0 Å². The quantitative estimate of drug-likeness (QED) is 0.779. The summed E-state index contributed by atoms with van der Waals surface area (Å²) in [6.45, 7) is 0.380. The molecule has 0 spiro atoms. The van der Waals surface area contributed by atoms with E-state index in [-0.39, 0.29) is 6.03 Å². The molecule has 2 aromatic heterocycles. The van der Waals surface area contributed by atoms with Gasteiger partial charge < -0.3 is 9.42 Å². The molecule has 3 aromatic rings. The molecule has 1 N–H and O–H groups in total. The van der Waals surface area contributed by atoms with E-state index in [0.717, 1.165) is 12.1 Å². The molecule has 0 saturated carbocycles. The number of thiazole rings is 1. The molecule has 0 aliphatic carbocycles. The fourth-order valence-corrected chi connectivity index (χ4v) is 2.77. The first kappa shape index (κ1) is 15.2. The lowest BCUT2D eigenvalue weighted by Crippen LogP contribution is -2.30. The van der Waals surface area contributed by atoms with Gasteiger partial charge in [0.25, 0.3) is 0 Å². The Bertz CT molecular complexity index is 756. The second-order valence-electron chi connectivity index (χ2n) is 5.08. The minimum Gasteiger partial charge on any atom is -0.364 e. The molecule has 0 aliphatic rings. The Labute approximate surface area is 137 Å². The van der Waals surface area contributed by atoms with Crippen molar-refractivity contribution in [3.63, 3.8) is 0 Å². The molecule has 3 rings (SSSR count). The Morgan fingerprint density at radius 2 is 2.09 bits per heavy atom. The molecule has 2 amide bonds. The third kappa shape index (κ3) is 4.17. The van der Waals surface area contributed by atoms with Crippen LogP contribution in [0.25, 0.3) is 0 Å². The van der Waals surface area contributed by atoms with Crippen LogP contribution in [-0.2, 0) is 13.0 Å². The highest BCUT2D eigenvalue weighted by Gasteiger charge is 2.13. The van der Waals surface area contributed by atoms with Crippen molar-refractivity contribution < 1.29 is 9.32 Å². The van der Waals surface area contributed by atoms with Gasteiger partial charge in [0.05, 0.1) is 12.2 Å². The molecule has 0 atom stereocenters. The summed E-state index contributed by atoms with van der Waals surface area (Å²) in [5, 5.41) is 9.13. The van der Waals surface area contributed by atoms with E-state index in [2.05, 4.69) is 27.6 Å². The molecule has 7 heteroatoms. The Kier molecular flexibility index (Phi) is 4.68. The van der Waals surface area contributed by atoms with Crippen molar-refractivity contribution in [2.75, 3.05) is 12.4 Å². The summed E-state index contributed by atoms with van der Waals surface area (Å²) in [6.07, 6.45) is 2.24. The van der Waals surface area contributed by atoms with Crippen molar-refractivity contribution in [2.45, 2.75) is 13.0 Å². The zero-order valence-corrected chi connectivity index (χ0v) is 13.4. The van der Waals surface area contributed by atoms with Crippen LogP contribution < -0.4 is 5.32 Å². The summed E-state index contributed by atoms with van der Waals surface area (Å²) in [5.41, 5.74) is 2.83. The van der Waals surface area contributed by atoms with E-state index < -0.39 is 0 Å². The lowest BCUT2D eigenvalue weighted by atomic mass is 10.1. The van der Waals surface area contributed by atoms with Gasteiger partial charge in [-0.1, -0.05) is 35.5 Å². The molecule has 118 valence electrons. The average Bonchev–Trinajstić information content (AvgIpc) is 3.20. The maximum atomic E-state index is 12.1. The summed E-state index contributed by atoms with van der Waals surface area (Å²) in [4.78, 5) is 18.1. The molecular weight excluding hydrogens is 312 g/mol. The van der Waals surface area contributed by atoms with Gasteiger partial charge in [-0.2, -0.15) is 0 Å². The largest absolute Gasteiger partial charge is 0.364 e. The molecule has 0 bridgehead atoms. The number of nitrogens with zero attached hydrogens (tertiary/aromatic N) is 3. The second kappa shape index (κ2) is 7.06. The SMILES string of the molecule is CN(Cc1ccon1)C(=O)Nc1nc(Cc2ccccc2)cs1. The molecule has 0 unspecified atom stereocenters. The first-order valence-electron chi connectivity index (χ1n) is 7.10. The van der Waals surface area contributed by atoms with Crippen molar-refractivity contribution in [1.82, 2.24) is 15.0 Å². The fraction of sp³-hybridized carbons (Fsp3) is 0.188. The third-order valence-corrected chi connectivity index (χ3v) is 4.04. The van der Waals surface area contributed by atoms with Gasteiger partial charge in [-0.15, -0.1) is 11.3 Å². The van der Waals surface area contributed by atoms with Crippen molar-refractivity contribution in [1.29, 1.82) is 0 Å². The maximum Gasteiger partial charge on any atom is 0.323 e. The van der Waals surface area contributed by atoms with Crippen LogP contribution in [0.15, 0.2) is 52.6 Å². The molecule has 1 aromatic carbocycles. The minimum atomic E-state index is -0.228. The zero-order chi connectivity index (χ0) is 16.1. The number of nitrogens with one attached hydrogen (secondary N) is 1. The van der Waals surface area contributed by atoms with Crippen molar-refractivity contribution in [2.24, 2.45) is 0 Å². The Hall–Kier alpha value is -2.67. The first-order valence-corrected chi connectivity index (χ1v) is 7.98. The van der Waals surface area contributed by atoms with E-state index >= 15 is 0 Å². The molecule has 0 radical (unpaired) electrons. The molecule has 2 heterocycles. The van der Waals surface area contributed by atoms with Gasteiger partial charge >= 0.3 is 6.03 Å². The summed E-state index contributed by atoms with van der Waals surface area (Å²) >= 11 is 1.42. The fourth-order valence-electron chi connectivity index (χ4n) is 2.07. The lowest BCUT2D eigenvalue weighted by Gasteiger charge is -2.15. The van der Waals surface area contributed by atoms with E-state index in [1.54, 1.807) is 13.1 Å². The Morgan fingerprint density at radius 3 is 2.83 bits per heavy atom. The third-order valence-electron chi connectivity index (χ3n) is 3.23. The molecular formula is C16H16N4O2S. The van der Waals surface area contributed by atoms with E-state index in [9.17, 15) is 4.79 Å². The van der Waals surface area contributed by atoms with Gasteiger partial charge in [-0.3, -0.25) is 5.32 Å². The van der Waals surface area contributed by atoms with Crippen LogP contribution in [-0.4, -0.2) is 28.1 Å². The summed E-state index contributed by atoms with van der Waals surface area (Å²) < 4.78 is 4.75. The summed E-state index contributed by atoms with van der Waals surface area (Å²) in [5.74, 6) is 0. The van der Waals surface area contributed by atoms with E-state index in [0.29, 0.717) is 17.4 Å². The van der Waals surface area contributed by atoms with E-state index in [1.165, 1.54) is 28.1 Å².